The zero-order valence-corrected chi connectivity index (χ0v) is 13.3. The fraction of sp³-hybridized carbons (Fsp3) is 0.800. The molecule has 19 heavy (non-hydrogen) atoms. The van der Waals surface area contributed by atoms with Crippen LogP contribution in [0.3, 0.4) is 0 Å². The second-order valence-electron chi connectivity index (χ2n) is 5.39. The second kappa shape index (κ2) is 6.82. The first kappa shape index (κ1) is 14.9. The molecule has 2 atom stereocenters. The maximum Gasteiger partial charge on any atom is 0.122 e. The molecule has 1 N–H and O–H groups in total. The maximum atomic E-state index is 5.91. The first-order valence-electron chi connectivity index (χ1n) is 7.49. The molecule has 0 radical (unpaired) electrons. The van der Waals surface area contributed by atoms with Gasteiger partial charge in [0, 0.05) is 17.5 Å². The van der Waals surface area contributed by atoms with Gasteiger partial charge in [-0.2, -0.15) is 0 Å². The fourth-order valence-corrected chi connectivity index (χ4v) is 3.63. The predicted octanol–water partition coefficient (Wildman–Crippen LogP) is 4.00. The molecule has 1 fully saturated rings. The van der Waals surface area contributed by atoms with E-state index in [0.29, 0.717) is 12.0 Å². The number of nitrogens with zero attached hydrogens (tertiary/aromatic N) is 1. The number of nitrogens with one attached hydrogen (secondary N) is 1. The molecule has 0 bridgehead atoms. The summed E-state index contributed by atoms with van der Waals surface area (Å²) >= 11 is 1.84. The number of aromatic nitrogens is 1. The van der Waals surface area contributed by atoms with Gasteiger partial charge in [0.15, 0.2) is 0 Å². The predicted molar refractivity (Wildman–Crippen MR) is 80.7 cm³/mol. The van der Waals surface area contributed by atoms with E-state index in [-0.39, 0.29) is 6.10 Å². The highest BCUT2D eigenvalue weighted by molar-refractivity contribution is 7.11. The highest BCUT2D eigenvalue weighted by Gasteiger charge is 2.35. The Morgan fingerprint density at radius 3 is 2.74 bits per heavy atom. The Hall–Kier alpha value is -0.450. The average Bonchev–Trinajstić information content (AvgIpc) is 3.16. The second-order valence-corrected chi connectivity index (χ2v) is 6.45. The van der Waals surface area contributed by atoms with Crippen molar-refractivity contribution in [1.29, 1.82) is 0 Å². The highest BCUT2D eigenvalue weighted by atomic mass is 32.1. The van der Waals surface area contributed by atoms with Gasteiger partial charge in [0.25, 0.3) is 0 Å². The number of ether oxygens (including phenoxy) is 1. The molecular formula is C15H26N2OS. The van der Waals surface area contributed by atoms with E-state index in [1.54, 1.807) is 0 Å². The van der Waals surface area contributed by atoms with Gasteiger partial charge in [0.1, 0.15) is 11.1 Å². The molecule has 1 aromatic heterocycles. The summed E-state index contributed by atoms with van der Waals surface area (Å²) in [7, 11) is 0. The average molecular weight is 282 g/mol. The Labute approximate surface area is 120 Å². The molecule has 3 nitrogen and oxygen atoms in total. The minimum atomic E-state index is 0.237. The van der Waals surface area contributed by atoms with Crippen molar-refractivity contribution >= 4 is 11.3 Å². The molecule has 1 saturated carbocycles. The molecule has 0 amide bonds. The monoisotopic (exact) mass is 282 g/mol. The van der Waals surface area contributed by atoms with Crippen molar-refractivity contribution in [2.45, 2.75) is 59.1 Å². The minimum Gasteiger partial charge on any atom is -0.371 e. The van der Waals surface area contributed by atoms with Crippen molar-refractivity contribution in [2.75, 3.05) is 13.2 Å². The Morgan fingerprint density at radius 1 is 1.42 bits per heavy atom. The third-order valence-corrected chi connectivity index (χ3v) is 4.98. The third kappa shape index (κ3) is 3.77. The van der Waals surface area contributed by atoms with Crippen molar-refractivity contribution < 1.29 is 4.74 Å². The highest BCUT2D eigenvalue weighted by Crippen LogP contribution is 2.45. The van der Waals surface area contributed by atoms with Gasteiger partial charge in [-0.25, -0.2) is 4.98 Å². The van der Waals surface area contributed by atoms with E-state index in [2.05, 4.69) is 33.0 Å². The summed E-state index contributed by atoms with van der Waals surface area (Å²) in [6.45, 7) is 10.5. The molecule has 4 heteroatoms. The molecule has 1 aromatic rings. The van der Waals surface area contributed by atoms with Crippen molar-refractivity contribution in [1.82, 2.24) is 10.3 Å². The van der Waals surface area contributed by atoms with Crippen molar-refractivity contribution in [2.24, 2.45) is 5.92 Å². The summed E-state index contributed by atoms with van der Waals surface area (Å²) in [4.78, 5) is 6.14. The molecule has 1 aliphatic carbocycles. The number of hydrogen-bond acceptors (Lipinski definition) is 4. The number of hydrogen-bond donors (Lipinski definition) is 1. The van der Waals surface area contributed by atoms with Crippen LogP contribution in [-0.4, -0.2) is 18.1 Å². The zero-order valence-electron chi connectivity index (χ0n) is 12.5. The number of thiazole rings is 1. The first-order valence-corrected chi connectivity index (χ1v) is 8.31. The van der Waals surface area contributed by atoms with Gasteiger partial charge < -0.3 is 10.1 Å². The molecule has 1 aliphatic rings. The van der Waals surface area contributed by atoms with Crippen LogP contribution in [0.15, 0.2) is 0 Å². The van der Waals surface area contributed by atoms with Crippen molar-refractivity contribution in [3.63, 3.8) is 0 Å². The number of aryl methyl sites for hydroxylation is 1. The van der Waals surface area contributed by atoms with Gasteiger partial charge in [-0.05, 0) is 52.5 Å². The molecule has 0 aromatic carbocycles. The smallest absolute Gasteiger partial charge is 0.122 e. The lowest BCUT2D eigenvalue weighted by Crippen LogP contribution is -2.18. The van der Waals surface area contributed by atoms with Gasteiger partial charge in [0.05, 0.1) is 5.69 Å². The van der Waals surface area contributed by atoms with E-state index >= 15 is 0 Å². The van der Waals surface area contributed by atoms with Crippen LogP contribution < -0.4 is 5.32 Å². The summed E-state index contributed by atoms with van der Waals surface area (Å²) in [6.07, 6.45) is 3.99. The fourth-order valence-electron chi connectivity index (χ4n) is 2.39. The largest absolute Gasteiger partial charge is 0.371 e. The number of rotatable bonds is 8. The molecular weight excluding hydrogens is 256 g/mol. The lowest BCUT2D eigenvalue weighted by atomic mass is 10.2. The van der Waals surface area contributed by atoms with E-state index in [1.807, 2.05) is 11.3 Å². The summed E-state index contributed by atoms with van der Waals surface area (Å²) in [5.41, 5.74) is 1.17. The molecule has 0 saturated heterocycles. The van der Waals surface area contributed by atoms with Crippen LogP contribution in [0.1, 0.15) is 67.8 Å². The molecule has 0 aliphatic heterocycles. The van der Waals surface area contributed by atoms with Crippen LogP contribution in [0.2, 0.25) is 0 Å². The molecule has 2 rings (SSSR count). The zero-order chi connectivity index (χ0) is 13.8. The van der Waals surface area contributed by atoms with E-state index in [0.717, 1.165) is 13.2 Å². The summed E-state index contributed by atoms with van der Waals surface area (Å²) in [5, 5.41) is 4.73. The van der Waals surface area contributed by atoms with Crippen molar-refractivity contribution in [3.8, 4) is 0 Å². The van der Waals surface area contributed by atoms with Crippen LogP contribution in [-0.2, 0) is 4.74 Å². The van der Waals surface area contributed by atoms with Crippen LogP contribution >= 0.6 is 11.3 Å². The summed E-state index contributed by atoms with van der Waals surface area (Å²) in [6, 6.07) is 0.396. The van der Waals surface area contributed by atoms with E-state index < -0.39 is 0 Å². The topological polar surface area (TPSA) is 34.1 Å². The maximum absolute atomic E-state index is 5.91. The normalized spacial score (nSPS) is 18.5. The van der Waals surface area contributed by atoms with E-state index in [1.165, 1.54) is 34.8 Å². The summed E-state index contributed by atoms with van der Waals surface area (Å²) < 4.78 is 5.91. The van der Waals surface area contributed by atoms with Crippen molar-refractivity contribution in [3.05, 3.63) is 15.6 Å². The Morgan fingerprint density at radius 2 is 2.16 bits per heavy atom. The van der Waals surface area contributed by atoms with Crippen LogP contribution in [0, 0.1) is 12.8 Å². The van der Waals surface area contributed by atoms with Gasteiger partial charge >= 0.3 is 0 Å². The Kier molecular flexibility index (Phi) is 5.37. The Balaban J connectivity index is 2.09. The van der Waals surface area contributed by atoms with Gasteiger partial charge in [-0.15, -0.1) is 11.3 Å². The quantitative estimate of drug-likeness (QED) is 0.782. The standard InChI is InChI=1S/C15H26N2OS/c1-5-9-16-10(3)14-11(4)17-15(19-14)13(18-6-2)12-7-8-12/h10,12-13,16H,5-9H2,1-4H3. The van der Waals surface area contributed by atoms with E-state index in [9.17, 15) is 0 Å². The van der Waals surface area contributed by atoms with Gasteiger partial charge in [-0.3, -0.25) is 0 Å². The van der Waals surface area contributed by atoms with Crippen LogP contribution in [0.5, 0.6) is 0 Å². The summed E-state index contributed by atoms with van der Waals surface area (Å²) in [5.74, 6) is 0.706. The Bertz CT molecular complexity index is 401. The molecule has 0 spiro atoms. The minimum absolute atomic E-state index is 0.237. The molecule has 2 unspecified atom stereocenters. The van der Waals surface area contributed by atoms with Gasteiger partial charge in [0.2, 0.25) is 0 Å². The van der Waals surface area contributed by atoms with Gasteiger partial charge in [-0.1, -0.05) is 6.92 Å². The van der Waals surface area contributed by atoms with E-state index in [4.69, 9.17) is 9.72 Å². The lowest BCUT2D eigenvalue weighted by molar-refractivity contribution is 0.0461. The van der Waals surface area contributed by atoms with Crippen LogP contribution in [0.4, 0.5) is 0 Å². The molecule has 1 heterocycles. The van der Waals surface area contributed by atoms with Crippen LogP contribution in [0.25, 0.3) is 0 Å². The lowest BCUT2D eigenvalue weighted by Gasteiger charge is -2.13. The first-order chi connectivity index (χ1) is 9.17. The SMILES string of the molecule is CCCNC(C)c1sc(C(OCC)C2CC2)nc1C. The molecule has 108 valence electrons. The third-order valence-electron chi connectivity index (χ3n) is 3.58.